The molecule has 144 valence electrons. The Morgan fingerprint density at radius 2 is 1.32 bits per heavy atom. The van der Waals surface area contributed by atoms with E-state index in [1.54, 1.807) is 60.7 Å². The second-order valence-electron chi connectivity index (χ2n) is 6.45. The molecule has 6 nitrogen and oxygen atoms in total. The molecule has 3 atom stereocenters. The van der Waals surface area contributed by atoms with Gasteiger partial charge in [-0.1, -0.05) is 42.5 Å². The van der Waals surface area contributed by atoms with Crippen LogP contribution >= 0.6 is 0 Å². The Kier molecular flexibility index (Phi) is 6.34. The number of esters is 2. The van der Waals surface area contributed by atoms with Crippen LogP contribution in [0, 0.1) is 11.8 Å². The lowest BCUT2D eigenvalue weighted by Crippen LogP contribution is -2.41. The van der Waals surface area contributed by atoms with E-state index in [9.17, 15) is 19.5 Å². The summed E-state index contributed by atoms with van der Waals surface area (Å²) < 4.78 is 10.5. The molecule has 0 radical (unpaired) electrons. The minimum atomic E-state index is -0.985. The number of hydrogen-bond donors (Lipinski definition) is 1. The van der Waals surface area contributed by atoms with Gasteiger partial charge in [-0.2, -0.15) is 0 Å². The summed E-state index contributed by atoms with van der Waals surface area (Å²) in [5.74, 6) is -2.89. The number of rotatable bonds is 6. The largest absolute Gasteiger partial charge is 0.462 e. The van der Waals surface area contributed by atoms with E-state index in [4.69, 9.17) is 9.47 Å². The molecular formula is C22H20O6. The van der Waals surface area contributed by atoms with E-state index in [2.05, 4.69) is 0 Å². The third-order valence-electron chi connectivity index (χ3n) is 4.60. The molecule has 2 aromatic rings. The fourth-order valence-electron chi connectivity index (χ4n) is 2.98. The maximum Gasteiger partial charge on any atom is 0.338 e. The van der Waals surface area contributed by atoms with Gasteiger partial charge in [0.15, 0.2) is 5.78 Å². The molecule has 0 saturated carbocycles. The van der Waals surface area contributed by atoms with Crippen LogP contribution in [0.2, 0.25) is 0 Å². The summed E-state index contributed by atoms with van der Waals surface area (Å²) in [7, 11) is 0. The highest BCUT2D eigenvalue weighted by atomic mass is 16.5. The van der Waals surface area contributed by atoms with E-state index >= 15 is 0 Å². The molecule has 0 spiro atoms. The minimum Gasteiger partial charge on any atom is -0.462 e. The van der Waals surface area contributed by atoms with Crippen molar-refractivity contribution in [1.29, 1.82) is 0 Å². The molecule has 28 heavy (non-hydrogen) atoms. The SMILES string of the molecule is O=C(OC[C@H]1[C@H](O)C=CC(=O)[C@H]1COC(=O)c1ccccc1)c1ccccc1. The van der Waals surface area contributed by atoms with Crippen LogP contribution in [0.3, 0.4) is 0 Å². The van der Waals surface area contributed by atoms with Gasteiger partial charge in [0.05, 0.1) is 29.8 Å². The lowest BCUT2D eigenvalue weighted by molar-refractivity contribution is -0.125. The lowest BCUT2D eigenvalue weighted by atomic mass is 9.81. The molecule has 1 aliphatic rings. The monoisotopic (exact) mass is 380 g/mol. The van der Waals surface area contributed by atoms with Gasteiger partial charge in [-0.15, -0.1) is 0 Å². The summed E-state index contributed by atoms with van der Waals surface area (Å²) in [5, 5.41) is 10.3. The number of carbonyl (C=O) groups is 3. The highest BCUT2D eigenvalue weighted by Gasteiger charge is 2.37. The molecule has 0 aromatic heterocycles. The molecule has 0 fully saturated rings. The summed E-state index contributed by atoms with van der Waals surface area (Å²) in [5.41, 5.74) is 0.746. The van der Waals surface area contributed by atoms with Crippen molar-refractivity contribution in [3.05, 3.63) is 83.9 Å². The van der Waals surface area contributed by atoms with Crippen LogP contribution < -0.4 is 0 Å². The third kappa shape index (κ3) is 4.72. The van der Waals surface area contributed by atoms with Gasteiger partial charge >= 0.3 is 11.9 Å². The molecule has 0 unspecified atom stereocenters. The molecule has 3 rings (SSSR count). The van der Waals surface area contributed by atoms with Crippen LogP contribution in [0.15, 0.2) is 72.8 Å². The summed E-state index contributed by atoms with van der Waals surface area (Å²) in [6, 6.07) is 16.9. The Morgan fingerprint density at radius 3 is 1.86 bits per heavy atom. The Balaban J connectivity index is 1.64. The van der Waals surface area contributed by atoms with E-state index in [1.807, 2.05) is 0 Å². The van der Waals surface area contributed by atoms with Crippen molar-refractivity contribution in [1.82, 2.24) is 0 Å². The van der Waals surface area contributed by atoms with Crippen molar-refractivity contribution >= 4 is 17.7 Å². The van der Waals surface area contributed by atoms with Crippen LogP contribution in [0.5, 0.6) is 0 Å². The quantitative estimate of drug-likeness (QED) is 0.774. The second-order valence-corrected chi connectivity index (χ2v) is 6.45. The smallest absolute Gasteiger partial charge is 0.338 e. The average Bonchev–Trinajstić information content (AvgIpc) is 2.74. The highest BCUT2D eigenvalue weighted by Crippen LogP contribution is 2.25. The number of ether oxygens (including phenoxy) is 2. The topological polar surface area (TPSA) is 89.9 Å². The number of aliphatic hydroxyl groups is 1. The third-order valence-corrected chi connectivity index (χ3v) is 4.60. The second kappa shape index (κ2) is 9.10. The fourth-order valence-corrected chi connectivity index (χ4v) is 2.98. The molecule has 0 heterocycles. The van der Waals surface area contributed by atoms with Crippen LogP contribution in [0.1, 0.15) is 20.7 Å². The Labute approximate surface area is 162 Å². The number of ketones is 1. The summed E-state index contributed by atoms with van der Waals surface area (Å²) >= 11 is 0. The minimum absolute atomic E-state index is 0.168. The Hall–Kier alpha value is -3.25. The highest BCUT2D eigenvalue weighted by molar-refractivity contribution is 5.94. The van der Waals surface area contributed by atoms with Crippen LogP contribution in [-0.4, -0.2) is 42.1 Å². The van der Waals surface area contributed by atoms with Gasteiger partial charge in [-0.25, -0.2) is 9.59 Å². The van der Waals surface area contributed by atoms with E-state index in [-0.39, 0.29) is 19.0 Å². The maximum atomic E-state index is 12.3. The van der Waals surface area contributed by atoms with Gasteiger partial charge in [0.2, 0.25) is 0 Å². The molecule has 0 bridgehead atoms. The number of allylic oxidation sites excluding steroid dienone is 1. The molecular weight excluding hydrogens is 360 g/mol. The van der Waals surface area contributed by atoms with Gasteiger partial charge in [0.1, 0.15) is 6.61 Å². The van der Waals surface area contributed by atoms with Gasteiger partial charge in [0, 0.05) is 5.92 Å². The standard InChI is InChI=1S/C22H20O6/c23-19-11-12-20(24)18(14-28-22(26)16-9-5-2-6-10-16)17(19)13-27-21(25)15-7-3-1-4-8-15/h1-12,17-19,23H,13-14H2/t17-,18+,19-/m1/s1. The van der Waals surface area contributed by atoms with E-state index in [0.29, 0.717) is 11.1 Å². The molecule has 0 aliphatic heterocycles. The molecule has 0 amide bonds. The van der Waals surface area contributed by atoms with Crippen molar-refractivity contribution in [3.8, 4) is 0 Å². The molecule has 2 aromatic carbocycles. The normalized spacial score (nSPS) is 21.2. The van der Waals surface area contributed by atoms with Crippen molar-refractivity contribution < 1.29 is 29.0 Å². The Morgan fingerprint density at radius 1 is 0.821 bits per heavy atom. The van der Waals surface area contributed by atoms with Gasteiger partial charge < -0.3 is 14.6 Å². The van der Waals surface area contributed by atoms with Crippen LogP contribution in [-0.2, 0) is 14.3 Å². The van der Waals surface area contributed by atoms with Gasteiger partial charge in [-0.05, 0) is 30.3 Å². The van der Waals surface area contributed by atoms with E-state index in [1.165, 1.54) is 12.2 Å². The number of benzene rings is 2. The van der Waals surface area contributed by atoms with E-state index in [0.717, 1.165) is 0 Å². The predicted octanol–water partition coefficient (Wildman–Crippen LogP) is 2.43. The first-order chi connectivity index (χ1) is 13.6. The molecule has 0 saturated heterocycles. The first-order valence-corrected chi connectivity index (χ1v) is 8.90. The number of carbonyl (C=O) groups excluding carboxylic acids is 3. The lowest BCUT2D eigenvalue weighted by Gasteiger charge is -2.30. The summed E-state index contributed by atoms with van der Waals surface area (Å²) in [4.78, 5) is 36.6. The summed E-state index contributed by atoms with van der Waals surface area (Å²) in [6.45, 7) is -0.375. The van der Waals surface area contributed by atoms with Gasteiger partial charge in [0.25, 0.3) is 0 Å². The average molecular weight is 380 g/mol. The fraction of sp³-hybridized carbons (Fsp3) is 0.227. The predicted molar refractivity (Wildman–Crippen MR) is 101 cm³/mol. The molecule has 1 aliphatic carbocycles. The number of aliphatic hydroxyl groups excluding tert-OH is 1. The van der Waals surface area contributed by atoms with Crippen molar-refractivity contribution in [3.63, 3.8) is 0 Å². The van der Waals surface area contributed by atoms with Crippen LogP contribution in [0.4, 0.5) is 0 Å². The zero-order valence-electron chi connectivity index (χ0n) is 15.1. The molecule has 6 heteroatoms. The van der Waals surface area contributed by atoms with Crippen molar-refractivity contribution in [2.45, 2.75) is 6.10 Å². The summed E-state index contributed by atoms with van der Waals surface area (Å²) in [6.07, 6.45) is 1.64. The van der Waals surface area contributed by atoms with Gasteiger partial charge in [-0.3, -0.25) is 4.79 Å². The van der Waals surface area contributed by atoms with Crippen molar-refractivity contribution in [2.75, 3.05) is 13.2 Å². The van der Waals surface area contributed by atoms with E-state index < -0.39 is 29.9 Å². The van der Waals surface area contributed by atoms with Crippen molar-refractivity contribution in [2.24, 2.45) is 11.8 Å². The first kappa shape index (κ1) is 19.5. The maximum absolute atomic E-state index is 12.3. The molecule has 1 N–H and O–H groups in total. The zero-order valence-corrected chi connectivity index (χ0v) is 15.1. The first-order valence-electron chi connectivity index (χ1n) is 8.90. The number of hydrogen-bond acceptors (Lipinski definition) is 6. The Bertz CT molecular complexity index is 859. The van der Waals surface area contributed by atoms with Crippen LogP contribution in [0.25, 0.3) is 0 Å². The zero-order chi connectivity index (χ0) is 19.9.